The third kappa shape index (κ3) is 2.70. The second kappa shape index (κ2) is 4.29. The maximum Gasteiger partial charge on any atom is 0.271 e. The van der Waals surface area contributed by atoms with Crippen LogP contribution in [0.15, 0.2) is 27.7 Å². The molecule has 0 amide bonds. The molecule has 0 aromatic rings. The molecule has 0 aromatic heterocycles. The number of nitrogens with zero attached hydrogens (tertiary/aromatic N) is 1. The molecule has 1 atom stereocenters. The van der Waals surface area contributed by atoms with E-state index < -0.39 is 15.4 Å². The minimum absolute atomic E-state index is 0.232. The molecule has 4 nitrogen and oxygen atoms in total. The molecule has 1 rings (SSSR count). The summed E-state index contributed by atoms with van der Waals surface area (Å²) < 4.78 is 30.4. The molecule has 1 unspecified atom stereocenters. The molecule has 1 aliphatic rings. The van der Waals surface area contributed by atoms with Crippen LogP contribution in [0.25, 0.3) is 0 Å². The molecular formula is C8H11NO3S2. The van der Waals surface area contributed by atoms with Crippen LogP contribution in [0.1, 0.15) is 13.3 Å². The molecule has 1 aliphatic carbocycles. The third-order valence-electron chi connectivity index (χ3n) is 1.80. The van der Waals surface area contributed by atoms with E-state index in [4.69, 9.17) is 4.55 Å². The third-order valence-corrected chi connectivity index (χ3v) is 3.27. The molecule has 0 spiro atoms. The summed E-state index contributed by atoms with van der Waals surface area (Å²) in [5.74, 6) is 0. The average Bonchev–Trinajstić information content (AvgIpc) is 2.07. The SMILES string of the molecule is CC=NC1=CCC(S(=O)(=O)O)C=C1S. The van der Waals surface area contributed by atoms with E-state index in [1.165, 1.54) is 6.08 Å². The molecule has 0 saturated carbocycles. The van der Waals surface area contributed by atoms with E-state index in [0.717, 1.165) is 0 Å². The van der Waals surface area contributed by atoms with Gasteiger partial charge in [-0.25, -0.2) is 0 Å². The first-order chi connectivity index (χ1) is 6.45. The molecule has 0 radical (unpaired) electrons. The molecule has 0 aliphatic heterocycles. The number of hydrogen-bond acceptors (Lipinski definition) is 4. The van der Waals surface area contributed by atoms with E-state index in [9.17, 15) is 8.42 Å². The second-order valence-electron chi connectivity index (χ2n) is 2.82. The summed E-state index contributed by atoms with van der Waals surface area (Å²) in [5.41, 5.74) is 0.635. The molecule has 6 heteroatoms. The van der Waals surface area contributed by atoms with Gasteiger partial charge in [-0.05, 0) is 19.4 Å². The lowest BCUT2D eigenvalue weighted by Gasteiger charge is -2.14. The summed E-state index contributed by atoms with van der Waals surface area (Å²) in [6.45, 7) is 1.76. The van der Waals surface area contributed by atoms with E-state index in [1.54, 1.807) is 19.2 Å². The zero-order valence-electron chi connectivity index (χ0n) is 7.58. The zero-order valence-corrected chi connectivity index (χ0v) is 9.29. The number of aliphatic imine (C=N–C) groups is 1. The Morgan fingerprint density at radius 3 is 2.79 bits per heavy atom. The topological polar surface area (TPSA) is 66.7 Å². The van der Waals surface area contributed by atoms with Crippen LogP contribution >= 0.6 is 12.6 Å². The second-order valence-corrected chi connectivity index (χ2v) is 4.93. The van der Waals surface area contributed by atoms with E-state index in [0.29, 0.717) is 10.6 Å². The van der Waals surface area contributed by atoms with Crippen molar-refractivity contribution >= 4 is 29.0 Å². The lowest BCUT2D eigenvalue weighted by molar-refractivity contribution is 0.474. The van der Waals surface area contributed by atoms with Crippen molar-refractivity contribution in [2.45, 2.75) is 18.6 Å². The van der Waals surface area contributed by atoms with Crippen molar-refractivity contribution in [3.8, 4) is 0 Å². The van der Waals surface area contributed by atoms with Crippen LogP contribution in [-0.2, 0) is 10.1 Å². The van der Waals surface area contributed by atoms with Crippen molar-refractivity contribution in [3.05, 3.63) is 22.8 Å². The summed E-state index contributed by atoms with van der Waals surface area (Å²) >= 11 is 4.08. The Labute approximate surface area is 88.6 Å². The first kappa shape index (κ1) is 11.5. The molecule has 0 saturated heterocycles. The Balaban J connectivity index is 2.93. The highest BCUT2D eigenvalue weighted by Crippen LogP contribution is 2.25. The van der Waals surface area contributed by atoms with Crippen LogP contribution in [0.2, 0.25) is 0 Å². The van der Waals surface area contributed by atoms with Crippen molar-refractivity contribution in [1.29, 1.82) is 0 Å². The Morgan fingerprint density at radius 1 is 1.71 bits per heavy atom. The minimum Gasteiger partial charge on any atom is -0.285 e. The van der Waals surface area contributed by atoms with Crippen molar-refractivity contribution in [1.82, 2.24) is 0 Å². The molecule has 1 N–H and O–H groups in total. The van der Waals surface area contributed by atoms with Crippen molar-refractivity contribution < 1.29 is 13.0 Å². The highest BCUT2D eigenvalue weighted by atomic mass is 32.2. The van der Waals surface area contributed by atoms with Gasteiger partial charge in [0.05, 0.1) is 5.70 Å². The summed E-state index contributed by atoms with van der Waals surface area (Å²) in [6.07, 6.45) is 4.86. The fraction of sp³-hybridized carbons (Fsp3) is 0.375. The lowest BCUT2D eigenvalue weighted by Crippen LogP contribution is -2.19. The maximum atomic E-state index is 10.8. The average molecular weight is 233 g/mol. The van der Waals surface area contributed by atoms with E-state index in [2.05, 4.69) is 17.6 Å². The van der Waals surface area contributed by atoms with Gasteiger partial charge in [-0.15, -0.1) is 12.6 Å². The van der Waals surface area contributed by atoms with Gasteiger partial charge >= 0.3 is 0 Å². The number of thiol groups is 1. The Hall–Kier alpha value is -0.590. The fourth-order valence-corrected chi connectivity index (χ4v) is 2.20. The smallest absolute Gasteiger partial charge is 0.271 e. The van der Waals surface area contributed by atoms with Gasteiger partial charge in [0, 0.05) is 11.1 Å². The van der Waals surface area contributed by atoms with Gasteiger partial charge < -0.3 is 0 Å². The molecular weight excluding hydrogens is 222 g/mol. The van der Waals surface area contributed by atoms with Gasteiger partial charge in [0.15, 0.2) is 0 Å². The zero-order chi connectivity index (χ0) is 10.8. The summed E-state index contributed by atoms with van der Waals surface area (Å²) in [5, 5.41) is -0.897. The molecule has 14 heavy (non-hydrogen) atoms. The van der Waals surface area contributed by atoms with E-state index in [1.807, 2.05) is 0 Å². The number of hydrogen-bond donors (Lipinski definition) is 2. The normalized spacial score (nSPS) is 23.5. The number of allylic oxidation sites excluding steroid dienone is 1. The maximum absolute atomic E-state index is 10.8. The van der Waals surface area contributed by atoms with Crippen LogP contribution < -0.4 is 0 Å². The predicted molar refractivity (Wildman–Crippen MR) is 59.3 cm³/mol. The summed E-state index contributed by atoms with van der Waals surface area (Å²) in [4.78, 5) is 4.47. The Kier molecular flexibility index (Phi) is 3.52. The first-order valence-electron chi connectivity index (χ1n) is 4.01. The van der Waals surface area contributed by atoms with Crippen LogP contribution in [-0.4, -0.2) is 24.4 Å². The van der Waals surface area contributed by atoms with Crippen molar-refractivity contribution in [2.75, 3.05) is 0 Å². The molecule has 0 bridgehead atoms. The van der Waals surface area contributed by atoms with Crippen LogP contribution in [0.5, 0.6) is 0 Å². The largest absolute Gasteiger partial charge is 0.285 e. The molecule has 78 valence electrons. The lowest BCUT2D eigenvalue weighted by atomic mass is 10.1. The van der Waals surface area contributed by atoms with Gasteiger partial charge in [-0.2, -0.15) is 8.42 Å². The highest BCUT2D eigenvalue weighted by molar-refractivity contribution is 7.87. The van der Waals surface area contributed by atoms with Crippen LogP contribution in [0.4, 0.5) is 0 Å². The summed E-state index contributed by atoms with van der Waals surface area (Å²) in [6, 6.07) is 0. The van der Waals surface area contributed by atoms with Gasteiger partial charge in [-0.3, -0.25) is 9.55 Å². The monoisotopic (exact) mass is 233 g/mol. The Bertz CT molecular complexity index is 406. The van der Waals surface area contributed by atoms with Crippen molar-refractivity contribution in [3.63, 3.8) is 0 Å². The Morgan fingerprint density at radius 2 is 2.36 bits per heavy atom. The van der Waals surface area contributed by atoms with Gasteiger partial charge in [0.2, 0.25) is 0 Å². The quantitative estimate of drug-likeness (QED) is 0.431. The standard InChI is InChI=1S/C8H11NO3S2/c1-2-9-7-4-3-6(5-8(7)13)14(10,11)12/h2,4-6,13H,3H2,1H3,(H,10,11,12). The summed E-state index contributed by atoms with van der Waals surface area (Å²) in [7, 11) is -4.02. The predicted octanol–water partition coefficient (Wildman–Crippen LogP) is 1.43. The van der Waals surface area contributed by atoms with Crippen LogP contribution in [0.3, 0.4) is 0 Å². The van der Waals surface area contributed by atoms with Crippen LogP contribution in [0, 0.1) is 0 Å². The molecule has 0 aromatic carbocycles. The van der Waals surface area contributed by atoms with Gasteiger partial charge in [-0.1, -0.05) is 6.08 Å². The highest BCUT2D eigenvalue weighted by Gasteiger charge is 2.23. The fourth-order valence-electron chi connectivity index (χ4n) is 1.13. The minimum atomic E-state index is -4.02. The van der Waals surface area contributed by atoms with Gasteiger partial charge in [0.25, 0.3) is 10.1 Å². The molecule has 0 heterocycles. The van der Waals surface area contributed by atoms with E-state index in [-0.39, 0.29) is 6.42 Å². The molecule has 0 fully saturated rings. The number of rotatable bonds is 2. The van der Waals surface area contributed by atoms with E-state index >= 15 is 0 Å². The van der Waals surface area contributed by atoms with Crippen molar-refractivity contribution in [2.24, 2.45) is 4.99 Å². The first-order valence-corrected chi connectivity index (χ1v) is 5.96. The van der Waals surface area contributed by atoms with Gasteiger partial charge in [0.1, 0.15) is 5.25 Å².